The summed E-state index contributed by atoms with van der Waals surface area (Å²) in [6.45, 7) is 0. The molecule has 0 bridgehead atoms. The van der Waals surface area contributed by atoms with Crippen LogP contribution in [0, 0.1) is 3.57 Å². The summed E-state index contributed by atoms with van der Waals surface area (Å²) < 4.78 is 0.578. The van der Waals surface area contributed by atoms with Crippen molar-refractivity contribution in [3.63, 3.8) is 0 Å². The summed E-state index contributed by atoms with van der Waals surface area (Å²) in [6, 6.07) is 2.26. The zero-order chi connectivity index (χ0) is 14.2. The third kappa shape index (κ3) is 3.12. The molecule has 1 N–H and O–H groups in total. The quantitative estimate of drug-likeness (QED) is 0.577. The Bertz CT molecular complexity index is 555. The molecule has 1 aromatic carbocycles. The highest BCUT2D eigenvalue weighted by Gasteiger charge is 2.35. The van der Waals surface area contributed by atoms with Crippen molar-refractivity contribution in [1.29, 1.82) is 0 Å². The second-order valence-corrected chi connectivity index (χ2v) is 6.80. The number of aliphatic carboxylic acids is 1. The van der Waals surface area contributed by atoms with E-state index in [1.807, 2.05) is 22.6 Å². The largest absolute Gasteiger partial charge is 0.480 e. The Hall–Kier alpha value is -0.180. The molecular formula is C11H8Cl2INO3S. The van der Waals surface area contributed by atoms with Crippen molar-refractivity contribution >= 4 is 69.4 Å². The minimum Gasteiger partial charge on any atom is -0.480 e. The molecule has 8 heteroatoms. The van der Waals surface area contributed by atoms with Gasteiger partial charge in [-0.15, -0.1) is 11.8 Å². The maximum Gasteiger partial charge on any atom is 0.327 e. The van der Waals surface area contributed by atoms with Gasteiger partial charge in [-0.25, -0.2) is 4.79 Å². The van der Waals surface area contributed by atoms with Gasteiger partial charge >= 0.3 is 5.97 Å². The number of halogens is 3. The van der Waals surface area contributed by atoms with Gasteiger partial charge in [0, 0.05) is 14.3 Å². The highest BCUT2D eigenvalue weighted by Crippen LogP contribution is 2.30. The SMILES string of the molecule is O=C(O)[C@@H]1CSCN1C(=O)c1cc(Cl)cc(Cl)c1I. The lowest BCUT2D eigenvalue weighted by atomic mass is 10.1. The molecule has 0 spiro atoms. The van der Waals surface area contributed by atoms with Crippen LogP contribution in [0.3, 0.4) is 0 Å². The van der Waals surface area contributed by atoms with Crippen LogP contribution in [-0.2, 0) is 4.79 Å². The molecule has 1 fully saturated rings. The highest BCUT2D eigenvalue weighted by atomic mass is 127. The van der Waals surface area contributed by atoms with Crippen molar-refractivity contribution in [3.05, 3.63) is 31.3 Å². The Morgan fingerprint density at radius 1 is 1.42 bits per heavy atom. The predicted octanol–water partition coefficient (Wildman–Crippen LogP) is 3.20. The first kappa shape index (κ1) is 15.2. The monoisotopic (exact) mass is 431 g/mol. The van der Waals surface area contributed by atoms with Crippen molar-refractivity contribution in [1.82, 2.24) is 4.90 Å². The standard InChI is InChI=1S/C11H8Cl2INO3S/c12-5-1-6(9(14)7(13)2-5)10(16)15-4-19-3-8(15)11(17)18/h1-2,8H,3-4H2,(H,17,18)/t8-/m0/s1. The lowest BCUT2D eigenvalue weighted by molar-refractivity contribution is -0.140. The molecule has 1 aliphatic rings. The average Bonchev–Trinajstić information content (AvgIpc) is 2.82. The summed E-state index contributed by atoms with van der Waals surface area (Å²) in [5, 5.41) is 9.84. The number of hydrogen-bond donors (Lipinski definition) is 1. The van der Waals surface area contributed by atoms with Crippen molar-refractivity contribution in [2.75, 3.05) is 11.6 Å². The summed E-state index contributed by atoms with van der Waals surface area (Å²) in [4.78, 5) is 24.9. The van der Waals surface area contributed by atoms with Crippen LogP contribution in [0.5, 0.6) is 0 Å². The van der Waals surface area contributed by atoms with Gasteiger partial charge in [-0.05, 0) is 34.7 Å². The molecule has 0 saturated carbocycles. The molecule has 0 radical (unpaired) electrons. The number of nitrogens with zero attached hydrogens (tertiary/aromatic N) is 1. The van der Waals surface area contributed by atoms with Gasteiger partial charge in [-0.1, -0.05) is 23.2 Å². The molecular weight excluding hydrogens is 424 g/mol. The molecule has 1 atom stereocenters. The molecule has 0 aromatic heterocycles. The number of carboxylic acids is 1. The van der Waals surface area contributed by atoms with Gasteiger partial charge in [0.25, 0.3) is 5.91 Å². The topological polar surface area (TPSA) is 57.6 Å². The predicted molar refractivity (Wildman–Crippen MR) is 84.1 cm³/mol. The zero-order valence-corrected chi connectivity index (χ0v) is 13.9. The van der Waals surface area contributed by atoms with Crippen LogP contribution < -0.4 is 0 Å². The summed E-state index contributed by atoms with van der Waals surface area (Å²) >= 11 is 15.2. The van der Waals surface area contributed by atoms with Gasteiger partial charge in [0.2, 0.25) is 0 Å². The zero-order valence-electron chi connectivity index (χ0n) is 9.40. The van der Waals surface area contributed by atoms with Crippen molar-refractivity contribution in [3.8, 4) is 0 Å². The van der Waals surface area contributed by atoms with E-state index in [9.17, 15) is 9.59 Å². The van der Waals surface area contributed by atoms with E-state index in [0.717, 1.165) is 0 Å². The Labute approximate surface area is 137 Å². The van der Waals surface area contributed by atoms with Crippen LogP contribution in [0.15, 0.2) is 12.1 Å². The van der Waals surface area contributed by atoms with Gasteiger partial charge in [-0.3, -0.25) is 4.79 Å². The van der Waals surface area contributed by atoms with E-state index < -0.39 is 12.0 Å². The first-order valence-corrected chi connectivity index (χ1v) is 8.17. The summed E-state index contributed by atoms with van der Waals surface area (Å²) in [5.74, 6) is -0.602. The fraction of sp³-hybridized carbons (Fsp3) is 0.273. The number of rotatable bonds is 2. The maximum absolute atomic E-state index is 12.4. The normalized spacial score (nSPS) is 18.7. The number of thioether (sulfide) groups is 1. The van der Waals surface area contributed by atoms with E-state index in [1.54, 1.807) is 6.07 Å². The smallest absolute Gasteiger partial charge is 0.327 e. The Morgan fingerprint density at radius 3 is 2.74 bits per heavy atom. The van der Waals surface area contributed by atoms with Gasteiger partial charge in [-0.2, -0.15) is 0 Å². The van der Waals surface area contributed by atoms with Crippen LogP contribution in [0.1, 0.15) is 10.4 Å². The van der Waals surface area contributed by atoms with Gasteiger partial charge in [0.05, 0.1) is 16.5 Å². The van der Waals surface area contributed by atoms with Crippen LogP contribution in [0.25, 0.3) is 0 Å². The van der Waals surface area contributed by atoms with Crippen LogP contribution >= 0.6 is 57.6 Å². The van der Waals surface area contributed by atoms with Crippen LogP contribution in [-0.4, -0.2) is 39.6 Å². The van der Waals surface area contributed by atoms with E-state index in [2.05, 4.69) is 0 Å². The first-order chi connectivity index (χ1) is 8.91. The fourth-order valence-corrected chi connectivity index (χ4v) is 3.89. The van der Waals surface area contributed by atoms with E-state index in [-0.39, 0.29) is 5.91 Å². The summed E-state index contributed by atoms with van der Waals surface area (Å²) in [7, 11) is 0. The third-order valence-electron chi connectivity index (χ3n) is 2.65. The first-order valence-electron chi connectivity index (χ1n) is 5.18. The molecule has 102 valence electrons. The Morgan fingerprint density at radius 2 is 2.11 bits per heavy atom. The Kier molecular flexibility index (Phi) is 4.86. The Balaban J connectivity index is 2.37. The molecule has 2 rings (SSSR count). The highest BCUT2D eigenvalue weighted by molar-refractivity contribution is 14.1. The fourth-order valence-electron chi connectivity index (χ4n) is 1.71. The summed E-state index contributed by atoms with van der Waals surface area (Å²) in [5.41, 5.74) is 0.340. The van der Waals surface area contributed by atoms with E-state index in [0.29, 0.717) is 30.8 Å². The molecule has 1 aliphatic heterocycles. The lowest BCUT2D eigenvalue weighted by Gasteiger charge is -2.21. The molecule has 1 amide bonds. The number of hydrogen-bond acceptors (Lipinski definition) is 3. The third-order valence-corrected chi connectivity index (χ3v) is 5.66. The number of carbonyl (C=O) groups excluding carboxylic acids is 1. The second kappa shape index (κ2) is 6.07. The number of benzene rings is 1. The van der Waals surface area contributed by atoms with Crippen molar-refractivity contribution in [2.24, 2.45) is 0 Å². The average molecular weight is 432 g/mol. The maximum atomic E-state index is 12.4. The minimum atomic E-state index is -0.999. The molecule has 1 aromatic rings. The van der Waals surface area contributed by atoms with Crippen molar-refractivity contribution in [2.45, 2.75) is 6.04 Å². The number of carboxylic acid groups (broad SMARTS) is 1. The van der Waals surface area contributed by atoms with E-state index in [1.165, 1.54) is 22.7 Å². The molecule has 0 aliphatic carbocycles. The lowest BCUT2D eigenvalue weighted by Crippen LogP contribution is -2.42. The van der Waals surface area contributed by atoms with Crippen LogP contribution in [0.2, 0.25) is 10.0 Å². The van der Waals surface area contributed by atoms with E-state index >= 15 is 0 Å². The second-order valence-electron chi connectivity index (χ2n) is 3.88. The minimum absolute atomic E-state index is 0.340. The molecule has 1 saturated heterocycles. The molecule has 19 heavy (non-hydrogen) atoms. The summed E-state index contributed by atoms with van der Waals surface area (Å²) in [6.07, 6.45) is 0. The van der Waals surface area contributed by atoms with Gasteiger partial charge in [0.1, 0.15) is 6.04 Å². The van der Waals surface area contributed by atoms with Gasteiger partial charge in [0.15, 0.2) is 0 Å². The van der Waals surface area contributed by atoms with Crippen LogP contribution in [0.4, 0.5) is 0 Å². The van der Waals surface area contributed by atoms with Gasteiger partial charge < -0.3 is 10.0 Å². The number of amides is 1. The number of carbonyl (C=O) groups is 2. The molecule has 1 heterocycles. The molecule has 4 nitrogen and oxygen atoms in total. The van der Waals surface area contributed by atoms with E-state index in [4.69, 9.17) is 28.3 Å². The van der Waals surface area contributed by atoms with Crippen molar-refractivity contribution < 1.29 is 14.7 Å². The molecule has 0 unspecified atom stereocenters.